The Bertz CT molecular complexity index is 3370. The van der Waals surface area contributed by atoms with Crippen molar-refractivity contribution in [3.63, 3.8) is 0 Å². The van der Waals surface area contributed by atoms with Crippen LogP contribution >= 0.6 is 0 Å². The van der Waals surface area contributed by atoms with Crippen LogP contribution < -0.4 is 4.18 Å². The van der Waals surface area contributed by atoms with Crippen molar-refractivity contribution in [2.75, 3.05) is 0 Å². The van der Waals surface area contributed by atoms with Crippen molar-refractivity contribution >= 4 is 51.8 Å². The van der Waals surface area contributed by atoms with Crippen LogP contribution in [0, 0.1) is 6.92 Å². The zero-order chi connectivity index (χ0) is 45.6. The summed E-state index contributed by atoms with van der Waals surface area (Å²) in [6.07, 6.45) is 0. The van der Waals surface area contributed by atoms with Gasteiger partial charge in [-0.1, -0.05) is 90.5 Å². The summed E-state index contributed by atoms with van der Waals surface area (Å²) in [5, 5.41) is 0. The van der Waals surface area contributed by atoms with Crippen LogP contribution in [-0.2, 0) is 51.8 Å². The Morgan fingerprint density at radius 2 is 0.540 bits per heavy atom. The average molecular weight is 949 g/mol. The van der Waals surface area contributed by atoms with Gasteiger partial charge in [0, 0.05) is 0 Å². The molecule has 5 N–H and O–H groups in total. The molecule has 0 spiro atoms. The molecule has 15 nitrogen and oxygen atoms in total. The van der Waals surface area contributed by atoms with E-state index in [4.69, 9.17) is 4.18 Å². The van der Waals surface area contributed by atoms with E-state index in [-0.39, 0.29) is 22.4 Å². The Morgan fingerprint density at radius 1 is 0.349 bits per heavy atom. The molecule has 0 aliphatic carbocycles. The van der Waals surface area contributed by atoms with Crippen molar-refractivity contribution < 1.29 is 64.8 Å². The maximum atomic E-state index is 12.3. The van der Waals surface area contributed by atoms with Crippen molar-refractivity contribution in [3.05, 3.63) is 151 Å². The predicted molar refractivity (Wildman–Crippen MR) is 234 cm³/mol. The van der Waals surface area contributed by atoms with Crippen LogP contribution in [0.15, 0.2) is 165 Å². The molecule has 7 aromatic rings. The molecule has 0 heterocycles. The van der Waals surface area contributed by atoms with Gasteiger partial charge in [0.25, 0.3) is 40.5 Å². The highest BCUT2D eigenvalue weighted by atomic mass is 32.2. The molecule has 0 radical (unpaired) electrons. The number of benzene rings is 7. The SMILES string of the molecule is Cc1ccc(-c2c(-c3ccc(OS(=O)O)cc3)c(-c3ccc(S(=O)(=O)O)cc3)c(-c3ccc(S(=O)(=O)O)cc3)c(-c3ccc(S(=O)(=O)O)cc3)c2-c2ccc(S(=O)(=O)O)cc2)cc1. The number of rotatable bonds is 12. The van der Waals surface area contributed by atoms with E-state index in [1.54, 1.807) is 24.3 Å². The van der Waals surface area contributed by atoms with E-state index in [9.17, 15) is 60.6 Å². The molecule has 0 saturated heterocycles. The van der Waals surface area contributed by atoms with E-state index >= 15 is 0 Å². The molecule has 20 heteroatoms. The molecule has 0 aromatic heterocycles. The van der Waals surface area contributed by atoms with Crippen LogP contribution in [0.2, 0.25) is 0 Å². The molecule has 1 unspecified atom stereocenters. The molecule has 0 aliphatic heterocycles. The first-order valence-electron chi connectivity index (χ1n) is 18.0. The van der Waals surface area contributed by atoms with Crippen molar-refractivity contribution in [1.82, 2.24) is 0 Å². The van der Waals surface area contributed by atoms with Gasteiger partial charge in [-0.25, -0.2) is 0 Å². The standard InChI is InChI=1S/C43H32O15S5/c1-26-2-4-27(5-3-26)38-39(28-6-16-33(17-7-28)58-59(44)45)41(30-10-20-35(21-11-30)61(49,50)51)43(32-14-24-37(25-15-32)63(55,56)57)42(31-12-22-36(23-13-31)62(52,53)54)40(38)29-8-18-34(19-9-29)60(46,47)48/h2-25H,1H3,(H,44,45)(H,46,47,48)(H,49,50,51)(H,52,53,54)(H,55,56,57). The molecule has 1 atom stereocenters. The quantitative estimate of drug-likeness (QED) is 0.0568. The Morgan fingerprint density at radius 3 is 0.730 bits per heavy atom. The summed E-state index contributed by atoms with van der Waals surface area (Å²) < 4.78 is 164. The highest BCUT2D eigenvalue weighted by molar-refractivity contribution is 7.86. The lowest BCUT2D eigenvalue weighted by atomic mass is 9.74. The fourth-order valence-electron chi connectivity index (χ4n) is 7.14. The monoisotopic (exact) mass is 948 g/mol. The third-order valence-electron chi connectivity index (χ3n) is 9.91. The van der Waals surface area contributed by atoms with Gasteiger partial charge < -0.3 is 4.18 Å². The van der Waals surface area contributed by atoms with Crippen LogP contribution in [-0.4, -0.2) is 60.6 Å². The van der Waals surface area contributed by atoms with Crippen LogP contribution in [0.1, 0.15) is 5.56 Å². The van der Waals surface area contributed by atoms with Crippen molar-refractivity contribution in [3.8, 4) is 72.5 Å². The fraction of sp³-hybridized carbons (Fsp3) is 0.0233. The number of hydrogen-bond donors (Lipinski definition) is 5. The Kier molecular flexibility index (Phi) is 12.2. The first-order valence-corrected chi connectivity index (χ1v) is 24.8. The van der Waals surface area contributed by atoms with Gasteiger partial charge in [-0.3, -0.25) is 22.8 Å². The molecular formula is C43H32O15S5. The van der Waals surface area contributed by atoms with E-state index < -0.39 is 71.4 Å². The van der Waals surface area contributed by atoms with Gasteiger partial charge in [0.05, 0.1) is 19.6 Å². The third-order valence-corrected chi connectivity index (χ3v) is 13.7. The Hall–Kier alpha value is -5.91. The predicted octanol–water partition coefficient (Wildman–Crippen LogP) is 8.50. The fourth-order valence-corrected chi connectivity index (χ4v) is 9.33. The summed E-state index contributed by atoms with van der Waals surface area (Å²) in [7, 11) is -18.8. The second-order valence-corrected chi connectivity index (χ2v) is 20.2. The highest BCUT2D eigenvalue weighted by Crippen LogP contribution is 2.56. The summed E-state index contributed by atoms with van der Waals surface area (Å²) in [5.41, 5.74) is 5.04. The highest BCUT2D eigenvalue weighted by Gasteiger charge is 2.30. The third kappa shape index (κ3) is 9.70. The smallest absolute Gasteiger partial charge is 0.357 e. The van der Waals surface area contributed by atoms with Crippen LogP contribution in [0.25, 0.3) is 66.8 Å². The summed E-state index contributed by atoms with van der Waals surface area (Å²) >= 11 is -2.70. The minimum absolute atomic E-state index is 0.00637. The minimum Gasteiger partial charge on any atom is -0.380 e. The summed E-state index contributed by atoms with van der Waals surface area (Å²) in [6.45, 7) is 1.85. The maximum Gasteiger partial charge on any atom is 0.357 e. The van der Waals surface area contributed by atoms with Gasteiger partial charge in [-0.2, -0.15) is 37.9 Å². The first kappa shape index (κ1) is 45.1. The second-order valence-electron chi connectivity index (χ2n) is 13.9. The van der Waals surface area contributed by atoms with E-state index in [2.05, 4.69) is 0 Å². The van der Waals surface area contributed by atoms with E-state index in [1.165, 1.54) is 60.7 Å². The molecule has 0 aliphatic rings. The molecule has 63 heavy (non-hydrogen) atoms. The average Bonchev–Trinajstić information content (AvgIpc) is 3.22. The van der Waals surface area contributed by atoms with Gasteiger partial charge >= 0.3 is 11.4 Å². The van der Waals surface area contributed by atoms with E-state index in [0.717, 1.165) is 54.1 Å². The van der Waals surface area contributed by atoms with E-state index in [1.807, 2.05) is 19.1 Å². The van der Waals surface area contributed by atoms with Gasteiger partial charge in [-0.05, 0) is 134 Å². The molecule has 324 valence electrons. The van der Waals surface area contributed by atoms with Gasteiger partial charge in [0.2, 0.25) is 0 Å². The maximum absolute atomic E-state index is 12.3. The van der Waals surface area contributed by atoms with Crippen molar-refractivity contribution in [2.24, 2.45) is 0 Å². The summed E-state index contributed by atoms with van der Waals surface area (Å²) in [4.78, 5) is -1.85. The first-order chi connectivity index (χ1) is 29.5. The van der Waals surface area contributed by atoms with Crippen LogP contribution in [0.4, 0.5) is 0 Å². The van der Waals surface area contributed by atoms with Gasteiger partial charge in [-0.15, -0.1) is 0 Å². The largest absolute Gasteiger partial charge is 0.380 e. The van der Waals surface area contributed by atoms with Crippen molar-refractivity contribution in [2.45, 2.75) is 26.5 Å². The van der Waals surface area contributed by atoms with Crippen LogP contribution in [0.5, 0.6) is 5.75 Å². The lowest BCUT2D eigenvalue weighted by molar-refractivity contribution is 0.457. The lowest BCUT2D eigenvalue weighted by Crippen LogP contribution is -2.04. The number of hydrogen-bond acceptors (Lipinski definition) is 10. The molecule has 0 saturated carbocycles. The topological polar surface area (TPSA) is 264 Å². The Labute approximate surface area is 364 Å². The molecule has 7 rings (SSSR count). The minimum atomic E-state index is -4.72. The summed E-state index contributed by atoms with van der Waals surface area (Å²) in [5.74, 6) is -0.00637. The molecule has 7 aromatic carbocycles. The zero-order valence-electron chi connectivity index (χ0n) is 32.2. The van der Waals surface area contributed by atoms with Gasteiger partial charge in [0.15, 0.2) is 0 Å². The number of aryl methyl sites for hydroxylation is 1. The van der Waals surface area contributed by atoms with E-state index in [0.29, 0.717) is 50.1 Å². The molecular weight excluding hydrogens is 917 g/mol. The second kappa shape index (κ2) is 17.0. The zero-order valence-corrected chi connectivity index (χ0v) is 36.3. The molecule has 0 amide bonds. The van der Waals surface area contributed by atoms with Crippen molar-refractivity contribution in [1.29, 1.82) is 0 Å². The summed E-state index contributed by atoms with van der Waals surface area (Å²) in [6, 6.07) is 33.7. The molecule has 0 bridgehead atoms. The Balaban J connectivity index is 1.80. The lowest BCUT2D eigenvalue weighted by Gasteiger charge is -2.29. The normalized spacial score (nSPS) is 12.8. The molecule has 0 fully saturated rings. The van der Waals surface area contributed by atoms with Gasteiger partial charge in [0.1, 0.15) is 5.75 Å². The van der Waals surface area contributed by atoms with Crippen LogP contribution in [0.3, 0.4) is 0 Å².